The van der Waals surface area contributed by atoms with Gasteiger partial charge < -0.3 is 15.0 Å². The fourth-order valence-corrected chi connectivity index (χ4v) is 3.68. The van der Waals surface area contributed by atoms with E-state index in [0.29, 0.717) is 33.1 Å². The number of hydrogen-bond acceptors (Lipinski definition) is 6. The smallest absolute Gasteiger partial charge is 0.251 e. The first-order valence-corrected chi connectivity index (χ1v) is 10.3. The molecule has 1 aromatic heterocycles. The Morgan fingerprint density at radius 2 is 2.19 bits per heavy atom. The molecule has 0 aliphatic heterocycles. The number of carbonyl (C=O) groups excluding carboxylic acids is 1. The van der Waals surface area contributed by atoms with Crippen molar-refractivity contribution in [3.05, 3.63) is 45.3 Å². The molecule has 26 heavy (non-hydrogen) atoms. The van der Waals surface area contributed by atoms with Crippen LogP contribution in [0, 0.1) is 0 Å². The second kappa shape index (κ2) is 9.89. The Kier molecular flexibility index (Phi) is 7.86. The number of H-pyrrole nitrogens is 1. The Morgan fingerprint density at radius 3 is 2.85 bits per heavy atom. The zero-order valence-electron chi connectivity index (χ0n) is 14.7. The van der Waals surface area contributed by atoms with E-state index in [2.05, 4.69) is 15.3 Å². The summed E-state index contributed by atoms with van der Waals surface area (Å²) in [5.74, 6) is 1.93. The summed E-state index contributed by atoms with van der Waals surface area (Å²) in [6, 6.07) is 6.50. The fourth-order valence-electron chi connectivity index (χ4n) is 2.03. The molecule has 6 nitrogen and oxygen atoms in total. The number of rotatable bonds is 8. The first kappa shape index (κ1) is 20.7. The number of carbonyl (C=O) groups is 1. The third kappa shape index (κ3) is 5.96. The zero-order chi connectivity index (χ0) is 19.1. The Hall–Kier alpha value is -1.64. The second-order valence-electron chi connectivity index (χ2n) is 5.28. The molecule has 0 fully saturated rings. The zero-order valence-corrected chi connectivity index (χ0v) is 17.1. The van der Waals surface area contributed by atoms with E-state index in [1.165, 1.54) is 24.9 Å². The molecule has 1 heterocycles. The summed E-state index contributed by atoms with van der Waals surface area (Å²) < 4.78 is 5.09. The van der Waals surface area contributed by atoms with E-state index in [1.807, 2.05) is 6.92 Å². The van der Waals surface area contributed by atoms with Crippen LogP contribution in [-0.4, -0.2) is 34.0 Å². The minimum Gasteiger partial charge on any atom is -0.495 e. The number of hydrogen-bond donors (Lipinski definition) is 2. The number of anilines is 1. The molecule has 2 rings (SSSR count). The summed E-state index contributed by atoms with van der Waals surface area (Å²) in [6.45, 7) is 3.80. The van der Waals surface area contributed by atoms with Gasteiger partial charge in [0.25, 0.3) is 5.56 Å². The van der Waals surface area contributed by atoms with Gasteiger partial charge in [0.05, 0.1) is 23.1 Å². The number of aromatic nitrogens is 2. The number of nitrogens with one attached hydrogen (secondary N) is 2. The van der Waals surface area contributed by atoms with E-state index in [9.17, 15) is 9.59 Å². The molecule has 0 spiro atoms. The van der Waals surface area contributed by atoms with Gasteiger partial charge >= 0.3 is 0 Å². The summed E-state index contributed by atoms with van der Waals surface area (Å²) in [5, 5.41) is 3.19. The number of halogens is 1. The molecule has 2 N–H and O–H groups in total. The molecular formula is C17H20ClN3O3S2. The SMILES string of the molecule is CCSCc1cc(=O)[nH]c(SC(C)C(=O)Nc2ccc(OC)c(Cl)c2)n1. The molecule has 2 aromatic rings. The number of nitrogens with zero attached hydrogens (tertiary/aromatic N) is 1. The number of methoxy groups -OCH3 is 1. The highest BCUT2D eigenvalue weighted by Crippen LogP contribution is 2.28. The van der Waals surface area contributed by atoms with Crippen molar-refractivity contribution < 1.29 is 9.53 Å². The molecule has 0 aliphatic carbocycles. The predicted octanol–water partition coefficient (Wildman–Crippen LogP) is 3.80. The molecular weight excluding hydrogens is 394 g/mol. The lowest BCUT2D eigenvalue weighted by atomic mass is 10.3. The van der Waals surface area contributed by atoms with Gasteiger partial charge in [0, 0.05) is 17.5 Å². The molecule has 1 atom stereocenters. The predicted molar refractivity (Wildman–Crippen MR) is 109 cm³/mol. The van der Waals surface area contributed by atoms with E-state index in [1.54, 1.807) is 36.9 Å². The van der Waals surface area contributed by atoms with E-state index in [0.717, 1.165) is 5.75 Å². The average Bonchev–Trinajstić information content (AvgIpc) is 2.59. The monoisotopic (exact) mass is 413 g/mol. The van der Waals surface area contributed by atoms with Crippen molar-refractivity contribution in [3.63, 3.8) is 0 Å². The quantitative estimate of drug-likeness (QED) is 0.505. The molecule has 0 saturated heterocycles. The van der Waals surface area contributed by atoms with E-state index < -0.39 is 5.25 Å². The Balaban J connectivity index is 2.03. The van der Waals surface area contributed by atoms with E-state index in [4.69, 9.17) is 16.3 Å². The van der Waals surface area contributed by atoms with Crippen molar-refractivity contribution in [2.75, 3.05) is 18.2 Å². The Morgan fingerprint density at radius 1 is 1.42 bits per heavy atom. The second-order valence-corrected chi connectivity index (χ2v) is 8.29. The summed E-state index contributed by atoms with van der Waals surface area (Å²) in [7, 11) is 1.53. The van der Waals surface area contributed by atoms with Crippen LogP contribution in [0.1, 0.15) is 19.5 Å². The highest BCUT2D eigenvalue weighted by molar-refractivity contribution is 8.00. The van der Waals surface area contributed by atoms with Crippen molar-refractivity contribution in [2.45, 2.75) is 30.0 Å². The van der Waals surface area contributed by atoms with Crippen molar-refractivity contribution >= 4 is 46.7 Å². The van der Waals surface area contributed by atoms with Gasteiger partial charge in [0.1, 0.15) is 5.75 Å². The third-order valence-corrected chi connectivity index (χ3v) is 5.49. The normalized spacial score (nSPS) is 11.8. The number of benzene rings is 1. The summed E-state index contributed by atoms with van der Waals surface area (Å²) in [4.78, 5) is 31.2. The fraction of sp³-hybridized carbons (Fsp3) is 0.353. The molecule has 0 saturated carbocycles. The van der Waals surface area contributed by atoms with Gasteiger partial charge in [-0.15, -0.1) is 0 Å². The largest absolute Gasteiger partial charge is 0.495 e. The van der Waals surface area contributed by atoms with Crippen molar-refractivity contribution in [2.24, 2.45) is 0 Å². The van der Waals surface area contributed by atoms with Crippen LogP contribution in [0.4, 0.5) is 5.69 Å². The molecule has 1 aromatic carbocycles. The van der Waals surface area contributed by atoms with Crippen LogP contribution in [0.5, 0.6) is 5.75 Å². The lowest BCUT2D eigenvalue weighted by Gasteiger charge is -2.13. The van der Waals surface area contributed by atoms with Gasteiger partial charge in [0.2, 0.25) is 5.91 Å². The van der Waals surface area contributed by atoms with Crippen LogP contribution >= 0.6 is 35.1 Å². The summed E-state index contributed by atoms with van der Waals surface area (Å²) in [5.41, 5.74) is 1.06. The van der Waals surface area contributed by atoms with Gasteiger partial charge in [-0.25, -0.2) is 4.98 Å². The minimum absolute atomic E-state index is 0.216. The maximum atomic E-state index is 12.4. The van der Waals surface area contributed by atoms with Crippen LogP contribution in [0.15, 0.2) is 34.2 Å². The van der Waals surface area contributed by atoms with Crippen LogP contribution in [0.2, 0.25) is 5.02 Å². The molecule has 0 radical (unpaired) electrons. The third-order valence-electron chi connectivity index (χ3n) is 3.30. The van der Waals surface area contributed by atoms with Crippen molar-refractivity contribution in [1.29, 1.82) is 0 Å². The first-order valence-electron chi connectivity index (χ1n) is 7.92. The number of amides is 1. The van der Waals surface area contributed by atoms with Gasteiger partial charge in [-0.3, -0.25) is 9.59 Å². The van der Waals surface area contributed by atoms with Crippen LogP contribution in [0.25, 0.3) is 0 Å². The molecule has 1 amide bonds. The van der Waals surface area contributed by atoms with Crippen LogP contribution < -0.4 is 15.6 Å². The van der Waals surface area contributed by atoms with Crippen LogP contribution in [0.3, 0.4) is 0 Å². The lowest BCUT2D eigenvalue weighted by molar-refractivity contribution is -0.115. The Labute approximate surface area is 165 Å². The van der Waals surface area contributed by atoms with Crippen molar-refractivity contribution in [1.82, 2.24) is 9.97 Å². The van der Waals surface area contributed by atoms with Gasteiger partial charge in [0.15, 0.2) is 5.16 Å². The number of thioether (sulfide) groups is 2. The number of ether oxygens (including phenoxy) is 1. The standard InChI is InChI=1S/C17H20ClN3O3S2/c1-4-25-9-12-8-15(22)21-17(20-12)26-10(2)16(23)19-11-5-6-14(24-3)13(18)7-11/h5-8,10H,4,9H2,1-3H3,(H,19,23)(H,20,21,22). The van der Waals surface area contributed by atoms with Gasteiger partial charge in [-0.05, 0) is 30.9 Å². The van der Waals surface area contributed by atoms with E-state index >= 15 is 0 Å². The maximum absolute atomic E-state index is 12.4. The molecule has 140 valence electrons. The molecule has 0 bridgehead atoms. The minimum atomic E-state index is -0.451. The molecule has 9 heteroatoms. The summed E-state index contributed by atoms with van der Waals surface area (Å²) >= 11 is 8.95. The van der Waals surface area contributed by atoms with Gasteiger partial charge in [-0.1, -0.05) is 30.3 Å². The number of aromatic amines is 1. The highest BCUT2D eigenvalue weighted by atomic mass is 35.5. The Bertz CT molecular complexity index is 829. The summed E-state index contributed by atoms with van der Waals surface area (Å²) in [6.07, 6.45) is 0. The van der Waals surface area contributed by atoms with E-state index in [-0.39, 0.29) is 11.5 Å². The van der Waals surface area contributed by atoms with Gasteiger partial charge in [-0.2, -0.15) is 11.8 Å². The average molecular weight is 414 g/mol. The molecule has 1 unspecified atom stereocenters. The maximum Gasteiger partial charge on any atom is 0.251 e. The lowest BCUT2D eigenvalue weighted by Crippen LogP contribution is -2.23. The topological polar surface area (TPSA) is 84.1 Å². The highest BCUT2D eigenvalue weighted by Gasteiger charge is 2.17. The first-order chi connectivity index (χ1) is 12.4. The van der Waals surface area contributed by atoms with Crippen LogP contribution in [-0.2, 0) is 10.5 Å². The molecule has 0 aliphatic rings. The van der Waals surface area contributed by atoms with Crippen molar-refractivity contribution in [3.8, 4) is 5.75 Å².